The number of nitro groups is 1. The molecule has 1 aromatic carbocycles. The standard InChI is InChI=1S/C21H32N4O3/c1-17-8-14-23(15-9-17)11-5-10-22-21(26)18-6-7-19(20(16-18)25(27)28)24-12-3-2-4-13-24/h6-7,16-17H,2-5,8-15H2,1H3,(H,22,26)/p+1. The molecule has 2 aliphatic heterocycles. The lowest BCUT2D eigenvalue weighted by atomic mass is 9.99. The Labute approximate surface area is 167 Å². The van der Waals surface area contributed by atoms with Crippen molar-refractivity contribution in [3.05, 3.63) is 33.9 Å². The first-order valence-electron chi connectivity index (χ1n) is 10.7. The van der Waals surface area contributed by atoms with Crippen molar-refractivity contribution in [2.24, 2.45) is 5.92 Å². The average molecular weight is 390 g/mol. The van der Waals surface area contributed by atoms with Crippen LogP contribution in [0.3, 0.4) is 0 Å². The van der Waals surface area contributed by atoms with Crippen LogP contribution >= 0.6 is 0 Å². The third-order valence-corrected chi connectivity index (χ3v) is 6.11. The molecule has 2 heterocycles. The number of hydrogen-bond acceptors (Lipinski definition) is 4. The molecule has 0 atom stereocenters. The summed E-state index contributed by atoms with van der Waals surface area (Å²) < 4.78 is 0. The van der Waals surface area contributed by atoms with Gasteiger partial charge in [-0.15, -0.1) is 0 Å². The van der Waals surface area contributed by atoms with Gasteiger partial charge in [-0.25, -0.2) is 0 Å². The molecule has 0 radical (unpaired) electrons. The minimum absolute atomic E-state index is 0.0291. The molecule has 7 heteroatoms. The number of quaternary nitrogens is 1. The topological polar surface area (TPSA) is 79.9 Å². The number of piperidine rings is 2. The van der Waals surface area contributed by atoms with Crippen LogP contribution in [-0.4, -0.2) is 50.1 Å². The van der Waals surface area contributed by atoms with E-state index < -0.39 is 0 Å². The number of nitrogens with zero attached hydrogens (tertiary/aromatic N) is 2. The van der Waals surface area contributed by atoms with E-state index in [1.165, 1.54) is 38.4 Å². The normalized spacial score (nSPS) is 22.7. The first kappa shape index (κ1) is 20.6. The lowest BCUT2D eigenvalue weighted by molar-refractivity contribution is -0.906. The van der Waals surface area contributed by atoms with Crippen molar-refractivity contribution >= 4 is 17.3 Å². The minimum atomic E-state index is -0.374. The summed E-state index contributed by atoms with van der Waals surface area (Å²) in [5.41, 5.74) is 1.03. The third kappa shape index (κ3) is 5.44. The monoisotopic (exact) mass is 389 g/mol. The quantitative estimate of drug-likeness (QED) is 0.425. The van der Waals surface area contributed by atoms with Crippen molar-refractivity contribution in [2.45, 2.75) is 45.4 Å². The molecular weight excluding hydrogens is 356 g/mol. The van der Waals surface area contributed by atoms with Crippen LogP contribution in [0.4, 0.5) is 11.4 Å². The van der Waals surface area contributed by atoms with Gasteiger partial charge in [-0.3, -0.25) is 14.9 Å². The van der Waals surface area contributed by atoms with E-state index in [9.17, 15) is 14.9 Å². The third-order valence-electron chi connectivity index (χ3n) is 6.11. The van der Waals surface area contributed by atoms with E-state index in [0.29, 0.717) is 17.8 Å². The fourth-order valence-corrected chi connectivity index (χ4v) is 4.28. The average Bonchev–Trinajstić information content (AvgIpc) is 2.72. The van der Waals surface area contributed by atoms with Crippen LogP contribution < -0.4 is 15.1 Å². The first-order chi connectivity index (χ1) is 13.5. The lowest BCUT2D eigenvalue weighted by Crippen LogP contribution is -3.13. The molecule has 28 heavy (non-hydrogen) atoms. The van der Waals surface area contributed by atoms with Gasteiger partial charge in [0.2, 0.25) is 0 Å². The van der Waals surface area contributed by atoms with E-state index in [1.54, 1.807) is 17.0 Å². The number of hydrogen-bond donors (Lipinski definition) is 2. The van der Waals surface area contributed by atoms with Crippen LogP contribution in [0.1, 0.15) is 55.8 Å². The Balaban J connectivity index is 1.53. The van der Waals surface area contributed by atoms with E-state index in [-0.39, 0.29) is 16.5 Å². The van der Waals surface area contributed by atoms with Gasteiger partial charge in [0, 0.05) is 37.7 Å². The van der Waals surface area contributed by atoms with E-state index in [1.807, 2.05) is 0 Å². The Kier molecular flexibility index (Phi) is 7.25. The summed E-state index contributed by atoms with van der Waals surface area (Å²) in [4.78, 5) is 27.3. The smallest absolute Gasteiger partial charge is 0.293 e. The summed E-state index contributed by atoms with van der Waals surface area (Å²) in [6, 6.07) is 4.87. The van der Waals surface area contributed by atoms with Gasteiger partial charge in [0.05, 0.1) is 24.6 Å². The fraction of sp³-hybridized carbons (Fsp3) is 0.667. The maximum Gasteiger partial charge on any atom is 0.293 e. The zero-order valence-corrected chi connectivity index (χ0v) is 16.9. The summed E-state index contributed by atoms with van der Waals surface area (Å²) in [5, 5.41) is 14.5. The Hall–Kier alpha value is -2.15. The summed E-state index contributed by atoms with van der Waals surface area (Å²) in [6.07, 6.45) is 6.78. The van der Waals surface area contributed by atoms with Crippen LogP contribution in [0.15, 0.2) is 18.2 Å². The molecule has 0 bridgehead atoms. The lowest BCUT2D eigenvalue weighted by Gasteiger charge is -2.28. The summed E-state index contributed by atoms with van der Waals surface area (Å²) >= 11 is 0. The van der Waals surface area contributed by atoms with Crippen LogP contribution in [0.2, 0.25) is 0 Å². The molecule has 0 spiro atoms. The molecule has 2 fully saturated rings. The fourth-order valence-electron chi connectivity index (χ4n) is 4.28. The molecule has 2 aliphatic rings. The van der Waals surface area contributed by atoms with Crippen molar-refractivity contribution in [2.75, 3.05) is 44.2 Å². The Bertz CT molecular complexity index is 680. The molecular formula is C21H33N4O3+. The molecule has 2 saturated heterocycles. The zero-order chi connectivity index (χ0) is 19.9. The number of rotatable bonds is 7. The summed E-state index contributed by atoms with van der Waals surface area (Å²) in [7, 11) is 0. The highest BCUT2D eigenvalue weighted by Gasteiger charge is 2.23. The Morgan fingerprint density at radius 3 is 2.64 bits per heavy atom. The van der Waals surface area contributed by atoms with Crippen LogP contribution in [0.5, 0.6) is 0 Å². The molecule has 7 nitrogen and oxygen atoms in total. The summed E-state index contributed by atoms with van der Waals surface area (Å²) in [5.74, 6) is 0.614. The van der Waals surface area contributed by atoms with Crippen LogP contribution in [-0.2, 0) is 0 Å². The number of carbonyl (C=O) groups excluding carboxylic acids is 1. The molecule has 154 valence electrons. The van der Waals surface area contributed by atoms with E-state index in [4.69, 9.17) is 0 Å². The number of anilines is 1. The Morgan fingerprint density at radius 1 is 1.25 bits per heavy atom. The molecule has 0 aromatic heterocycles. The van der Waals surface area contributed by atoms with Crippen LogP contribution in [0, 0.1) is 16.0 Å². The predicted molar refractivity (Wildman–Crippen MR) is 110 cm³/mol. The van der Waals surface area contributed by atoms with Gasteiger partial charge in [-0.05, 0) is 50.2 Å². The maximum atomic E-state index is 12.4. The molecule has 0 unspecified atom stereocenters. The minimum Gasteiger partial charge on any atom is -0.366 e. The van der Waals surface area contributed by atoms with Crippen molar-refractivity contribution in [1.29, 1.82) is 0 Å². The molecule has 1 aromatic rings. The van der Waals surface area contributed by atoms with Crippen molar-refractivity contribution < 1.29 is 14.6 Å². The van der Waals surface area contributed by atoms with Crippen molar-refractivity contribution in [3.63, 3.8) is 0 Å². The second-order valence-electron chi connectivity index (χ2n) is 8.30. The van der Waals surface area contributed by atoms with Gasteiger partial charge in [0.15, 0.2) is 0 Å². The highest BCUT2D eigenvalue weighted by Crippen LogP contribution is 2.31. The number of likely N-dealkylation sites (tertiary alicyclic amines) is 1. The number of benzene rings is 1. The van der Waals surface area contributed by atoms with E-state index >= 15 is 0 Å². The highest BCUT2D eigenvalue weighted by molar-refractivity contribution is 5.95. The van der Waals surface area contributed by atoms with Gasteiger partial charge in [-0.2, -0.15) is 0 Å². The first-order valence-corrected chi connectivity index (χ1v) is 10.7. The number of amides is 1. The SMILES string of the molecule is CC1CC[NH+](CCCNC(=O)c2ccc(N3CCCCC3)c([N+](=O)[O-])c2)CC1. The zero-order valence-electron chi connectivity index (χ0n) is 16.9. The molecule has 3 rings (SSSR count). The van der Waals surface area contributed by atoms with Crippen molar-refractivity contribution in [3.8, 4) is 0 Å². The molecule has 0 saturated carbocycles. The molecule has 1 amide bonds. The van der Waals surface area contributed by atoms with Gasteiger partial charge in [-0.1, -0.05) is 6.92 Å². The largest absolute Gasteiger partial charge is 0.366 e. The predicted octanol–water partition coefficient (Wildman–Crippen LogP) is 2.02. The second kappa shape index (κ2) is 9.87. The van der Waals surface area contributed by atoms with E-state index in [2.05, 4.69) is 17.1 Å². The second-order valence-corrected chi connectivity index (χ2v) is 8.30. The summed E-state index contributed by atoms with van der Waals surface area (Å²) in [6.45, 7) is 8.11. The van der Waals surface area contributed by atoms with Crippen LogP contribution in [0.25, 0.3) is 0 Å². The maximum absolute atomic E-state index is 12.4. The number of carbonyl (C=O) groups is 1. The van der Waals surface area contributed by atoms with Gasteiger partial charge in [0.25, 0.3) is 11.6 Å². The molecule has 0 aliphatic carbocycles. The van der Waals surface area contributed by atoms with Gasteiger partial charge >= 0.3 is 0 Å². The van der Waals surface area contributed by atoms with Gasteiger partial charge < -0.3 is 15.1 Å². The Morgan fingerprint density at radius 2 is 1.96 bits per heavy atom. The number of nitro benzene ring substituents is 1. The van der Waals surface area contributed by atoms with E-state index in [0.717, 1.165) is 44.8 Å². The van der Waals surface area contributed by atoms with Crippen molar-refractivity contribution in [1.82, 2.24) is 5.32 Å². The number of nitrogens with one attached hydrogen (secondary N) is 2. The van der Waals surface area contributed by atoms with Gasteiger partial charge in [0.1, 0.15) is 5.69 Å². The highest BCUT2D eigenvalue weighted by atomic mass is 16.6. The molecule has 2 N–H and O–H groups in total.